The molecule has 0 saturated carbocycles. The van der Waals surface area contributed by atoms with Crippen molar-refractivity contribution in [2.24, 2.45) is 5.73 Å². The molecule has 0 amide bonds. The van der Waals surface area contributed by atoms with Gasteiger partial charge in [0.15, 0.2) is 0 Å². The van der Waals surface area contributed by atoms with Crippen LogP contribution in [0.15, 0.2) is 40.9 Å². The standard InChI is InChI=1S/C16H15BrClNO/c1-9-2-5-15-12(6-9)14(19)8-16(20-15)11-4-3-10(17)7-13(11)18/h2-7,14,16H,8,19H2,1H3/t14-,16?/m1/s1. The van der Waals surface area contributed by atoms with Crippen LogP contribution in [0.25, 0.3) is 0 Å². The van der Waals surface area contributed by atoms with Crippen LogP contribution in [-0.2, 0) is 0 Å². The van der Waals surface area contributed by atoms with E-state index in [0.717, 1.165) is 27.8 Å². The smallest absolute Gasteiger partial charge is 0.127 e. The van der Waals surface area contributed by atoms with Crippen molar-refractivity contribution in [1.29, 1.82) is 0 Å². The largest absolute Gasteiger partial charge is 0.485 e. The molecular formula is C16H15BrClNO. The van der Waals surface area contributed by atoms with Gasteiger partial charge in [-0.3, -0.25) is 0 Å². The maximum absolute atomic E-state index is 6.31. The molecule has 0 fully saturated rings. The van der Waals surface area contributed by atoms with Crippen molar-refractivity contribution < 1.29 is 4.74 Å². The van der Waals surface area contributed by atoms with Crippen LogP contribution in [-0.4, -0.2) is 0 Å². The summed E-state index contributed by atoms with van der Waals surface area (Å²) in [5.74, 6) is 0.860. The van der Waals surface area contributed by atoms with Gasteiger partial charge in [0.1, 0.15) is 11.9 Å². The monoisotopic (exact) mass is 351 g/mol. The number of nitrogens with two attached hydrogens (primary N) is 1. The van der Waals surface area contributed by atoms with Gasteiger partial charge in [-0.2, -0.15) is 0 Å². The summed E-state index contributed by atoms with van der Waals surface area (Å²) in [5, 5.41) is 0.701. The Bertz CT molecular complexity index is 659. The summed E-state index contributed by atoms with van der Waals surface area (Å²) in [4.78, 5) is 0. The quantitative estimate of drug-likeness (QED) is 0.789. The first-order valence-electron chi connectivity index (χ1n) is 6.52. The Morgan fingerprint density at radius 1 is 1.20 bits per heavy atom. The van der Waals surface area contributed by atoms with Crippen LogP contribution in [0.3, 0.4) is 0 Å². The number of rotatable bonds is 1. The number of benzene rings is 2. The summed E-state index contributed by atoms with van der Waals surface area (Å²) in [6, 6.07) is 11.9. The molecular weight excluding hydrogens is 338 g/mol. The maximum atomic E-state index is 6.31. The lowest BCUT2D eigenvalue weighted by Crippen LogP contribution is -2.24. The second-order valence-electron chi connectivity index (χ2n) is 5.16. The van der Waals surface area contributed by atoms with E-state index in [-0.39, 0.29) is 12.1 Å². The van der Waals surface area contributed by atoms with Crippen molar-refractivity contribution >= 4 is 27.5 Å². The van der Waals surface area contributed by atoms with E-state index in [2.05, 4.69) is 28.9 Å². The number of ether oxygens (including phenoxy) is 1. The van der Waals surface area contributed by atoms with Gasteiger partial charge in [0.25, 0.3) is 0 Å². The second kappa shape index (κ2) is 5.40. The summed E-state index contributed by atoms with van der Waals surface area (Å²) in [7, 11) is 0. The number of hydrogen-bond donors (Lipinski definition) is 1. The average molecular weight is 353 g/mol. The summed E-state index contributed by atoms with van der Waals surface area (Å²) in [5.41, 5.74) is 9.55. The van der Waals surface area contributed by atoms with Gasteiger partial charge in [-0.15, -0.1) is 0 Å². The van der Waals surface area contributed by atoms with E-state index in [9.17, 15) is 0 Å². The van der Waals surface area contributed by atoms with Gasteiger partial charge < -0.3 is 10.5 Å². The molecule has 2 N–H and O–H groups in total. The summed E-state index contributed by atoms with van der Waals surface area (Å²) in [6.07, 6.45) is 0.637. The Morgan fingerprint density at radius 2 is 2.00 bits per heavy atom. The molecule has 1 aliphatic rings. The molecule has 1 unspecified atom stereocenters. The number of hydrogen-bond acceptors (Lipinski definition) is 2. The van der Waals surface area contributed by atoms with Gasteiger partial charge in [-0.1, -0.05) is 51.3 Å². The van der Waals surface area contributed by atoms with E-state index in [1.165, 1.54) is 5.56 Å². The predicted molar refractivity (Wildman–Crippen MR) is 85.2 cm³/mol. The van der Waals surface area contributed by atoms with Gasteiger partial charge in [0, 0.05) is 33.1 Å². The fraction of sp³-hybridized carbons (Fsp3) is 0.250. The van der Waals surface area contributed by atoms with Gasteiger partial charge in [-0.05, 0) is 25.1 Å². The van der Waals surface area contributed by atoms with Crippen molar-refractivity contribution in [2.75, 3.05) is 0 Å². The average Bonchev–Trinajstić information content (AvgIpc) is 2.39. The normalized spacial score (nSPS) is 21.2. The number of aryl methyl sites for hydroxylation is 1. The highest BCUT2D eigenvalue weighted by Crippen LogP contribution is 2.42. The highest BCUT2D eigenvalue weighted by atomic mass is 79.9. The molecule has 0 aliphatic carbocycles. The zero-order valence-corrected chi connectivity index (χ0v) is 13.4. The van der Waals surface area contributed by atoms with Crippen LogP contribution >= 0.6 is 27.5 Å². The first kappa shape index (κ1) is 13.9. The fourth-order valence-corrected chi connectivity index (χ4v) is 3.37. The third kappa shape index (κ3) is 2.58. The molecule has 4 heteroatoms. The molecule has 0 bridgehead atoms. The van der Waals surface area contributed by atoms with Crippen LogP contribution in [0.1, 0.15) is 35.3 Å². The zero-order chi connectivity index (χ0) is 14.3. The van der Waals surface area contributed by atoms with E-state index in [4.69, 9.17) is 22.1 Å². The molecule has 1 aliphatic heterocycles. The van der Waals surface area contributed by atoms with E-state index in [1.807, 2.05) is 30.3 Å². The molecule has 2 nitrogen and oxygen atoms in total. The van der Waals surface area contributed by atoms with Crippen molar-refractivity contribution in [2.45, 2.75) is 25.5 Å². The van der Waals surface area contributed by atoms with Crippen LogP contribution in [0.5, 0.6) is 5.75 Å². The highest BCUT2D eigenvalue weighted by molar-refractivity contribution is 9.10. The summed E-state index contributed by atoms with van der Waals surface area (Å²) < 4.78 is 7.04. The molecule has 2 atom stereocenters. The second-order valence-corrected chi connectivity index (χ2v) is 6.48. The molecule has 0 spiro atoms. The third-order valence-electron chi connectivity index (χ3n) is 3.61. The Kier molecular flexibility index (Phi) is 3.76. The van der Waals surface area contributed by atoms with Crippen molar-refractivity contribution in [1.82, 2.24) is 0 Å². The predicted octanol–water partition coefficient (Wildman–Crippen LogP) is 4.93. The number of fused-ring (bicyclic) bond motifs is 1. The maximum Gasteiger partial charge on any atom is 0.127 e. The molecule has 2 aromatic carbocycles. The Morgan fingerprint density at radius 3 is 2.75 bits per heavy atom. The molecule has 3 rings (SSSR count). The van der Waals surface area contributed by atoms with Gasteiger partial charge >= 0.3 is 0 Å². The molecule has 0 radical (unpaired) electrons. The van der Waals surface area contributed by atoms with Crippen molar-refractivity contribution in [3.05, 3.63) is 62.6 Å². The summed E-state index contributed by atoms with van der Waals surface area (Å²) >= 11 is 9.73. The molecule has 104 valence electrons. The molecule has 0 saturated heterocycles. The van der Waals surface area contributed by atoms with Crippen LogP contribution in [0.2, 0.25) is 5.02 Å². The Labute approximate surface area is 132 Å². The van der Waals surface area contributed by atoms with Crippen LogP contribution < -0.4 is 10.5 Å². The van der Waals surface area contributed by atoms with Crippen molar-refractivity contribution in [3.8, 4) is 5.75 Å². The topological polar surface area (TPSA) is 35.2 Å². The SMILES string of the molecule is Cc1ccc2c(c1)[C@H](N)CC(c1ccc(Br)cc1Cl)O2. The minimum atomic E-state index is -0.0965. The lowest BCUT2D eigenvalue weighted by molar-refractivity contribution is 0.161. The molecule has 0 aromatic heterocycles. The van der Waals surface area contributed by atoms with Gasteiger partial charge in [0.05, 0.1) is 0 Å². The Balaban J connectivity index is 1.97. The van der Waals surface area contributed by atoms with E-state index in [1.54, 1.807) is 0 Å². The summed E-state index contributed by atoms with van der Waals surface area (Å²) in [6.45, 7) is 2.06. The lowest BCUT2D eigenvalue weighted by Gasteiger charge is -2.31. The third-order valence-corrected chi connectivity index (χ3v) is 4.43. The van der Waals surface area contributed by atoms with Crippen LogP contribution in [0, 0.1) is 6.92 Å². The molecule has 1 heterocycles. The fourth-order valence-electron chi connectivity index (χ4n) is 2.58. The zero-order valence-electron chi connectivity index (χ0n) is 11.1. The molecule has 2 aromatic rings. The lowest BCUT2D eigenvalue weighted by atomic mass is 9.92. The minimum absolute atomic E-state index is 0.0247. The number of halogens is 2. The minimum Gasteiger partial charge on any atom is -0.485 e. The van der Waals surface area contributed by atoms with E-state index >= 15 is 0 Å². The Hall–Kier alpha value is -1.03. The highest BCUT2D eigenvalue weighted by Gasteiger charge is 2.28. The van der Waals surface area contributed by atoms with Gasteiger partial charge in [0.2, 0.25) is 0 Å². The van der Waals surface area contributed by atoms with E-state index < -0.39 is 0 Å². The first-order valence-corrected chi connectivity index (χ1v) is 7.69. The first-order chi connectivity index (χ1) is 9.54. The van der Waals surface area contributed by atoms with Crippen LogP contribution in [0.4, 0.5) is 0 Å². The van der Waals surface area contributed by atoms with E-state index in [0.29, 0.717) is 5.02 Å². The van der Waals surface area contributed by atoms with Gasteiger partial charge in [-0.25, -0.2) is 0 Å². The molecule has 20 heavy (non-hydrogen) atoms. The van der Waals surface area contributed by atoms with Crippen molar-refractivity contribution in [3.63, 3.8) is 0 Å².